The van der Waals surface area contributed by atoms with Gasteiger partial charge in [0, 0.05) is 34.5 Å². The molecule has 0 heterocycles. The number of amides is 2. The highest BCUT2D eigenvalue weighted by Gasteiger charge is 2.55. The average molecular weight is 414 g/mol. The number of carbonyl (C=O) groups excluding carboxylic acids is 2. The minimum Gasteiger partial charge on any atom is -0.366 e. The minimum atomic E-state index is -0.499. The molecule has 154 valence electrons. The number of nitrogens with two attached hydrogens (primary N) is 1. The van der Waals surface area contributed by atoms with Crippen molar-refractivity contribution in [3.8, 4) is 0 Å². The summed E-state index contributed by atoms with van der Waals surface area (Å²) in [7, 11) is 3.96. The number of primary amides is 1. The van der Waals surface area contributed by atoms with Crippen LogP contribution in [-0.4, -0.2) is 43.4 Å². The number of nitrogens with zero attached hydrogens (tertiary/aromatic N) is 1. The second-order valence-corrected chi connectivity index (χ2v) is 8.68. The fourth-order valence-electron chi connectivity index (χ4n) is 3.78. The van der Waals surface area contributed by atoms with E-state index in [0.717, 1.165) is 12.0 Å². The summed E-state index contributed by atoms with van der Waals surface area (Å²) in [6.45, 7) is 2.68. The maximum Gasteiger partial charge on any atom is 0.248 e. The van der Waals surface area contributed by atoms with Gasteiger partial charge in [-0.1, -0.05) is 54.9 Å². The lowest BCUT2D eigenvalue weighted by atomic mass is 9.95. The first kappa shape index (κ1) is 21.3. The molecule has 3 atom stereocenters. The molecule has 2 amide bonds. The van der Waals surface area contributed by atoms with Crippen LogP contribution in [0.3, 0.4) is 0 Å². The molecule has 0 spiro atoms. The predicted molar refractivity (Wildman–Crippen MR) is 116 cm³/mol. The Morgan fingerprint density at radius 2 is 1.93 bits per heavy atom. The van der Waals surface area contributed by atoms with E-state index in [0.29, 0.717) is 23.6 Å². The molecule has 1 saturated carbocycles. The van der Waals surface area contributed by atoms with Gasteiger partial charge in [-0.25, -0.2) is 0 Å². The van der Waals surface area contributed by atoms with E-state index >= 15 is 0 Å². The van der Waals surface area contributed by atoms with Crippen LogP contribution < -0.4 is 11.1 Å². The van der Waals surface area contributed by atoms with Gasteiger partial charge in [0.05, 0.1) is 0 Å². The standard InChI is InChI=1S/C23H28ClN3O2/c1-23(17-7-5-4-6-8-17)13-19(23)22(29)26-14-18(27(2)3)11-15-9-10-16(21(25)28)12-20(15)24/h4-10,12,18-19H,11,13-14H2,1-3H3,(H2,25,28)(H,26,29)/t18-,19?,23?/m0/s1. The molecule has 1 aliphatic rings. The molecule has 0 aliphatic heterocycles. The number of hydrogen-bond donors (Lipinski definition) is 2. The van der Waals surface area contributed by atoms with Gasteiger partial charge in [0.1, 0.15) is 0 Å². The third kappa shape index (κ3) is 4.80. The largest absolute Gasteiger partial charge is 0.366 e. The fraction of sp³-hybridized carbons (Fsp3) is 0.391. The number of benzene rings is 2. The van der Waals surface area contributed by atoms with Gasteiger partial charge in [-0.15, -0.1) is 0 Å². The van der Waals surface area contributed by atoms with Crippen LogP contribution in [0.1, 0.15) is 34.8 Å². The van der Waals surface area contributed by atoms with Gasteiger partial charge in [0.15, 0.2) is 0 Å². The smallest absolute Gasteiger partial charge is 0.248 e. The molecule has 2 unspecified atom stereocenters. The van der Waals surface area contributed by atoms with E-state index in [9.17, 15) is 9.59 Å². The second kappa shape index (κ2) is 8.56. The second-order valence-electron chi connectivity index (χ2n) is 8.28. The van der Waals surface area contributed by atoms with Crippen LogP contribution in [0.15, 0.2) is 48.5 Å². The molecule has 5 nitrogen and oxygen atoms in total. The summed E-state index contributed by atoms with van der Waals surface area (Å²) in [4.78, 5) is 26.1. The number of likely N-dealkylation sites (N-methyl/N-ethyl adjacent to an activating group) is 1. The summed E-state index contributed by atoms with van der Waals surface area (Å²) in [5.74, 6) is -0.398. The Kier molecular flexibility index (Phi) is 6.30. The van der Waals surface area contributed by atoms with Crippen molar-refractivity contribution in [3.63, 3.8) is 0 Å². The van der Waals surface area contributed by atoms with Crippen LogP contribution in [0.25, 0.3) is 0 Å². The molecule has 1 aliphatic carbocycles. The summed E-state index contributed by atoms with van der Waals surface area (Å²) >= 11 is 6.34. The maximum absolute atomic E-state index is 12.8. The third-order valence-electron chi connectivity index (χ3n) is 6.02. The first-order chi connectivity index (χ1) is 13.7. The van der Waals surface area contributed by atoms with Crippen molar-refractivity contribution in [3.05, 3.63) is 70.2 Å². The molecule has 0 radical (unpaired) electrons. The molecular weight excluding hydrogens is 386 g/mol. The third-order valence-corrected chi connectivity index (χ3v) is 6.37. The Bertz CT molecular complexity index is 900. The zero-order valence-corrected chi connectivity index (χ0v) is 17.9. The lowest BCUT2D eigenvalue weighted by Crippen LogP contribution is -2.42. The fourth-order valence-corrected chi connectivity index (χ4v) is 4.04. The van der Waals surface area contributed by atoms with E-state index in [1.165, 1.54) is 5.56 Å². The monoisotopic (exact) mass is 413 g/mol. The van der Waals surface area contributed by atoms with E-state index in [1.54, 1.807) is 12.1 Å². The topological polar surface area (TPSA) is 75.4 Å². The molecule has 3 rings (SSSR count). The summed E-state index contributed by atoms with van der Waals surface area (Å²) in [5.41, 5.74) is 7.76. The van der Waals surface area contributed by atoms with Gasteiger partial charge in [0.2, 0.25) is 11.8 Å². The molecule has 2 aromatic carbocycles. The summed E-state index contributed by atoms with van der Waals surface area (Å²) in [5, 5.41) is 3.63. The van der Waals surface area contributed by atoms with E-state index in [2.05, 4.69) is 29.3 Å². The van der Waals surface area contributed by atoms with Crippen molar-refractivity contribution in [1.82, 2.24) is 10.2 Å². The van der Waals surface area contributed by atoms with Crippen molar-refractivity contribution >= 4 is 23.4 Å². The van der Waals surface area contributed by atoms with Crippen molar-refractivity contribution in [1.29, 1.82) is 0 Å². The van der Waals surface area contributed by atoms with E-state index in [4.69, 9.17) is 17.3 Å². The summed E-state index contributed by atoms with van der Waals surface area (Å²) in [6.07, 6.45) is 1.53. The quantitative estimate of drug-likeness (QED) is 0.698. The van der Waals surface area contributed by atoms with E-state index < -0.39 is 5.91 Å². The Hall–Kier alpha value is -2.37. The summed E-state index contributed by atoms with van der Waals surface area (Å²) in [6, 6.07) is 15.4. The first-order valence-corrected chi connectivity index (χ1v) is 10.2. The molecule has 6 heteroatoms. The van der Waals surface area contributed by atoms with Crippen LogP contribution in [-0.2, 0) is 16.6 Å². The van der Waals surface area contributed by atoms with Crippen molar-refractivity contribution in [2.75, 3.05) is 20.6 Å². The highest BCUT2D eigenvalue weighted by Crippen LogP contribution is 2.53. The molecular formula is C23H28ClN3O2. The molecule has 0 bridgehead atoms. The predicted octanol–water partition coefficient (Wildman–Crippen LogP) is 3.01. The maximum atomic E-state index is 12.8. The number of rotatable bonds is 8. The molecule has 0 aromatic heterocycles. The van der Waals surface area contributed by atoms with Gasteiger partial charge in [-0.2, -0.15) is 0 Å². The Labute approximate surface area is 177 Å². The molecule has 1 fully saturated rings. The zero-order chi connectivity index (χ0) is 21.2. The van der Waals surface area contributed by atoms with Gasteiger partial charge in [-0.05, 0) is 50.2 Å². The van der Waals surface area contributed by atoms with Crippen molar-refractivity contribution in [2.24, 2.45) is 11.7 Å². The molecule has 2 aromatic rings. The number of nitrogens with one attached hydrogen (secondary N) is 1. The average Bonchev–Trinajstić information content (AvgIpc) is 3.39. The van der Waals surface area contributed by atoms with Gasteiger partial charge >= 0.3 is 0 Å². The lowest BCUT2D eigenvalue weighted by Gasteiger charge is -2.25. The van der Waals surface area contributed by atoms with Gasteiger partial charge in [0.25, 0.3) is 0 Å². The Morgan fingerprint density at radius 1 is 1.24 bits per heavy atom. The number of halogens is 1. The van der Waals surface area contributed by atoms with Gasteiger partial charge < -0.3 is 16.0 Å². The van der Waals surface area contributed by atoms with E-state index in [1.807, 2.05) is 38.4 Å². The highest BCUT2D eigenvalue weighted by molar-refractivity contribution is 6.31. The molecule has 3 N–H and O–H groups in total. The SMILES string of the molecule is CN(C)[C@H](CNC(=O)C1CC1(C)c1ccccc1)Cc1ccc(C(N)=O)cc1Cl. The molecule has 0 saturated heterocycles. The Balaban J connectivity index is 1.61. The van der Waals surface area contributed by atoms with Crippen molar-refractivity contribution < 1.29 is 9.59 Å². The highest BCUT2D eigenvalue weighted by atomic mass is 35.5. The van der Waals surface area contributed by atoms with E-state index in [-0.39, 0.29) is 23.3 Å². The van der Waals surface area contributed by atoms with Crippen LogP contribution in [0.2, 0.25) is 5.02 Å². The van der Waals surface area contributed by atoms with Gasteiger partial charge in [-0.3, -0.25) is 9.59 Å². The zero-order valence-electron chi connectivity index (χ0n) is 17.1. The summed E-state index contributed by atoms with van der Waals surface area (Å²) < 4.78 is 0. The van der Waals surface area contributed by atoms with Crippen LogP contribution in [0.4, 0.5) is 0 Å². The normalized spacial score (nSPS) is 21.6. The first-order valence-electron chi connectivity index (χ1n) is 9.80. The van der Waals surface area contributed by atoms with Crippen LogP contribution in [0.5, 0.6) is 0 Å². The lowest BCUT2D eigenvalue weighted by molar-refractivity contribution is -0.122. The number of hydrogen-bond acceptors (Lipinski definition) is 3. The van der Waals surface area contributed by atoms with Crippen molar-refractivity contribution in [2.45, 2.75) is 31.2 Å². The minimum absolute atomic E-state index is 0.00569. The molecule has 29 heavy (non-hydrogen) atoms. The Morgan fingerprint density at radius 3 is 2.52 bits per heavy atom. The number of carbonyl (C=O) groups is 2. The van der Waals surface area contributed by atoms with Crippen LogP contribution in [0, 0.1) is 5.92 Å². The van der Waals surface area contributed by atoms with Crippen LogP contribution >= 0.6 is 11.6 Å².